The first kappa shape index (κ1) is 13.6. The molecule has 1 aliphatic rings. The summed E-state index contributed by atoms with van der Waals surface area (Å²) in [5.41, 5.74) is 1.66. The topological polar surface area (TPSA) is 79.2 Å². The van der Waals surface area contributed by atoms with E-state index in [-0.39, 0.29) is 17.4 Å². The quantitative estimate of drug-likeness (QED) is 0.738. The van der Waals surface area contributed by atoms with Crippen LogP contribution in [0.3, 0.4) is 0 Å². The Balaban J connectivity index is 1.92. The average molecular weight is 288 g/mol. The van der Waals surface area contributed by atoms with Crippen molar-refractivity contribution in [1.29, 1.82) is 0 Å². The first-order valence-electron chi connectivity index (χ1n) is 6.62. The highest BCUT2D eigenvalue weighted by Gasteiger charge is 2.30. The van der Waals surface area contributed by atoms with E-state index < -0.39 is 6.29 Å². The van der Waals surface area contributed by atoms with Crippen LogP contribution in [0.2, 0.25) is 0 Å². The van der Waals surface area contributed by atoms with E-state index in [4.69, 9.17) is 9.47 Å². The molecule has 0 aromatic heterocycles. The van der Waals surface area contributed by atoms with Gasteiger partial charge in [-0.3, -0.25) is 0 Å². The van der Waals surface area contributed by atoms with E-state index >= 15 is 0 Å². The average Bonchev–Trinajstić information content (AvgIpc) is 2.49. The number of fused-ring (bicyclic) bond motifs is 1. The van der Waals surface area contributed by atoms with Crippen LogP contribution in [0, 0.1) is 0 Å². The zero-order chi connectivity index (χ0) is 15.0. The molecule has 2 atom stereocenters. The molecule has 3 N–H and O–H groups in total. The van der Waals surface area contributed by atoms with Gasteiger partial charge in [0.25, 0.3) is 0 Å². The molecule has 1 aliphatic heterocycles. The molecule has 0 amide bonds. The van der Waals surface area contributed by atoms with Crippen LogP contribution < -0.4 is 9.47 Å². The molecule has 0 saturated carbocycles. The van der Waals surface area contributed by atoms with Crippen molar-refractivity contribution in [3.63, 3.8) is 0 Å². The lowest BCUT2D eigenvalue weighted by Crippen LogP contribution is -2.30. The summed E-state index contributed by atoms with van der Waals surface area (Å²) in [6.45, 7) is 0. The van der Waals surface area contributed by atoms with E-state index in [9.17, 15) is 15.3 Å². The molecule has 0 spiro atoms. The number of aliphatic hydroxyl groups is 1. The fourth-order valence-corrected chi connectivity index (χ4v) is 2.55. The third-order valence-corrected chi connectivity index (χ3v) is 3.73. The number of hydrogen-bond acceptors (Lipinski definition) is 5. The van der Waals surface area contributed by atoms with Crippen LogP contribution in [0.15, 0.2) is 36.4 Å². The zero-order valence-corrected chi connectivity index (χ0v) is 11.5. The maximum Gasteiger partial charge on any atom is 0.204 e. The lowest BCUT2D eigenvalue weighted by molar-refractivity contribution is -0.0482. The fourth-order valence-electron chi connectivity index (χ4n) is 2.55. The Labute approximate surface area is 122 Å². The lowest BCUT2D eigenvalue weighted by Gasteiger charge is -2.30. The Morgan fingerprint density at radius 2 is 1.76 bits per heavy atom. The summed E-state index contributed by atoms with van der Waals surface area (Å²) in [7, 11) is 1.60. The second kappa shape index (κ2) is 5.18. The fraction of sp³-hybridized carbons (Fsp3) is 0.250. The normalized spacial score (nSPS) is 20.5. The standard InChI is InChI=1S/C16H16O5/c1-20-11-4-2-9(3-5-11)12-6-10-7-13(17)14(18)8-15(10)21-16(12)19/h2-5,7-8,12,16-19H,6H2,1H3. The number of aliphatic hydroxyl groups excluding tert-OH is 1. The third-order valence-electron chi connectivity index (χ3n) is 3.73. The predicted molar refractivity (Wildman–Crippen MR) is 75.8 cm³/mol. The Morgan fingerprint density at radius 1 is 1.10 bits per heavy atom. The summed E-state index contributed by atoms with van der Waals surface area (Å²) in [5.74, 6) is 0.439. The molecule has 5 nitrogen and oxygen atoms in total. The minimum absolute atomic E-state index is 0.192. The van der Waals surface area contributed by atoms with Gasteiger partial charge in [0.05, 0.1) is 13.0 Å². The second-order valence-corrected chi connectivity index (χ2v) is 5.04. The van der Waals surface area contributed by atoms with Gasteiger partial charge in [-0.1, -0.05) is 12.1 Å². The maximum absolute atomic E-state index is 10.2. The molecule has 3 rings (SSSR count). The van der Waals surface area contributed by atoms with Crippen molar-refractivity contribution >= 4 is 0 Å². The molecular weight excluding hydrogens is 272 g/mol. The monoisotopic (exact) mass is 288 g/mol. The van der Waals surface area contributed by atoms with Gasteiger partial charge in [0.15, 0.2) is 11.5 Å². The smallest absolute Gasteiger partial charge is 0.204 e. The van der Waals surface area contributed by atoms with Crippen molar-refractivity contribution in [2.75, 3.05) is 7.11 Å². The molecule has 2 aromatic rings. The van der Waals surface area contributed by atoms with E-state index in [0.29, 0.717) is 12.2 Å². The number of hydrogen-bond donors (Lipinski definition) is 3. The lowest BCUT2D eigenvalue weighted by atomic mass is 9.89. The van der Waals surface area contributed by atoms with Crippen molar-refractivity contribution in [1.82, 2.24) is 0 Å². The molecule has 2 aromatic carbocycles. The summed E-state index contributed by atoms with van der Waals surface area (Å²) in [4.78, 5) is 0. The second-order valence-electron chi connectivity index (χ2n) is 5.04. The van der Waals surface area contributed by atoms with E-state index in [1.165, 1.54) is 12.1 Å². The number of phenolic OH excluding ortho intramolecular Hbond substituents is 2. The van der Waals surface area contributed by atoms with Crippen LogP contribution in [-0.2, 0) is 6.42 Å². The Bertz CT molecular complexity index is 650. The Morgan fingerprint density at radius 3 is 2.43 bits per heavy atom. The number of methoxy groups -OCH3 is 1. The van der Waals surface area contributed by atoms with Crippen molar-refractivity contribution in [3.8, 4) is 23.0 Å². The number of benzene rings is 2. The Hall–Kier alpha value is -2.40. The van der Waals surface area contributed by atoms with Crippen molar-refractivity contribution in [2.24, 2.45) is 0 Å². The molecule has 5 heteroatoms. The highest BCUT2D eigenvalue weighted by molar-refractivity contribution is 5.51. The largest absolute Gasteiger partial charge is 0.504 e. The van der Waals surface area contributed by atoms with Gasteiger partial charge in [0, 0.05) is 6.07 Å². The molecule has 21 heavy (non-hydrogen) atoms. The van der Waals surface area contributed by atoms with E-state index in [0.717, 1.165) is 16.9 Å². The van der Waals surface area contributed by atoms with E-state index in [1.807, 2.05) is 24.3 Å². The van der Waals surface area contributed by atoms with Crippen LogP contribution in [-0.4, -0.2) is 28.7 Å². The van der Waals surface area contributed by atoms with Crippen LogP contribution in [0.4, 0.5) is 0 Å². The minimum Gasteiger partial charge on any atom is -0.504 e. The molecule has 0 bridgehead atoms. The highest BCUT2D eigenvalue weighted by Crippen LogP contribution is 2.41. The van der Waals surface area contributed by atoms with Crippen LogP contribution >= 0.6 is 0 Å². The molecule has 0 fully saturated rings. The summed E-state index contributed by atoms with van der Waals surface area (Å²) in [6, 6.07) is 10.2. The van der Waals surface area contributed by atoms with Gasteiger partial charge in [0.2, 0.25) is 6.29 Å². The van der Waals surface area contributed by atoms with Gasteiger partial charge in [-0.05, 0) is 35.7 Å². The van der Waals surface area contributed by atoms with Gasteiger partial charge in [-0.15, -0.1) is 0 Å². The van der Waals surface area contributed by atoms with Crippen molar-refractivity contribution in [3.05, 3.63) is 47.5 Å². The van der Waals surface area contributed by atoms with Gasteiger partial charge in [-0.25, -0.2) is 0 Å². The Kier molecular flexibility index (Phi) is 3.35. The van der Waals surface area contributed by atoms with Gasteiger partial charge in [0.1, 0.15) is 11.5 Å². The van der Waals surface area contributed by atoms with E-state index in [1.54, 1.807) is 7.11 Å². The number of ether oxygens (including phenoxy) is 2. The van der Waals surface area contributed by atoms with Crippen LogP contribution in [0.5, 0.6) is 23.0 Å². The summed E-state index contributed by atoms with van der Waals surface area (Å²) >= 11 is 0. The molecule has 1 heterocycles. The zero-order valence-electron chi connectivity index (χ0n) is 11.5. The molecule has 0 radical (unpaired) electrons. The van der Waals surface area contributed by atoms with Crippen LogP contribution in [0.25, 0.3) is 0 Å². The van der Waals surface area contributed by atoms with Gasteiger partial charge >= 0.3 is 0 Å². The van der Waals surface area contributed by atoms with Gasteiger partial charge in [-0.2, -0.15) is 0 Å². The number of rotatable bonds is 2. The maximum atomic E-state index is 10.2. The first-order valence-corrected chi connectivity index (χ1v) is 6.62. The summed E-state index contributed by atoms with van der Waals surface area (Å²) in [6.07, 6.45) is -0.494. The van der Waals surface area contributed by atoms with E-state index in [2.05, 4.69) is 0 Å². The summed E-state index contributed by atoms with van der Waals surface area (Å²) < 4.78 is 10.6. The predicted octanol–water partition coefficient (Wildman–Crippen LogP) is 2.14. The molecule has 2 unspecified atom stereocenters. The van der Waals surface area contributed by atoms with Gasteiger partial charge < -0.3 is 24.8 Å². The highest BCUT2D eigenvalue weighted by atomic mass is 16.6. The number of phenols is 2. The molecule has 110 valence electrons. The van der Waals surface area contributed by atoms with Crippen molar-refractivity contribution < 1.29 is 24.8 Å². The van der Waals surface area contributed by atoms with Crippen LogP contribution in [0.1, 0.15) is 17.0 Å². The third kappa shape index (κ3) is 2.48. The summed E-state index contributed by atoms with van der Waals surface area (Å²) in [5, 5.41) is 29.2. The minimum atomic E-state index is -1.00. The van der Waals surface area contributed by atoms with Crippen molar-refractivity contribution in [2.45, 2.75) is 18.6 Å². The SMILES string of the molecule is COc1ccc(C2Cc3cc(O)c(O)cc3OC2O)cc1. The first-order chi connectivity index (χ1) is 10.1. The molecule has 0 saturated heterocycles. The molecule has 0 aliphatic carbocycles. The molecular formula is C16H16O5. The number of aromatic hydroxyl groups is 2.